The Balaban J connectivity index is 3.60. The molecule has 0 aliphatic carbocycles. The van der Waals surface area contributed by atoms with Gasteiger partial charge in [0.1, 0.15) is 0 Å². The summed E-state index contributed by atoms with van der Waals surface area (Å²) >= 11 is 11.9. The molecule has 1 aromatic rings. The molecule has 0 aliphatic heterocycles. The van der Waals surface area contributed by atoms with Crippen molar-refractivity contribution in [3.63, 3.8) is 0 Å². The van der Waals surface area contributed by atoms with Crippen molar-refractivity contribution in [2.24, 2.45) is 0 Å². The molecule has 0 amide bonds. The second kappa shape index (κ2) is 6.93. The van der Waals surface area contributed by atoms with E-state index in [1.807, 2.05) is 19.0 Å². The van der Waals surface area contributed by atoms with Crippen LogP contribution in [0.4, 0.5) is 0 Å². The number of sulfonamides is 1. The molecule has 0 aliphatic rings. The van der Waals surface area contributed by atoms with Crippen LogP contribution in [-0.4, -0.2) is 52.1 Å². The Bertz CT molecular complexity index is 660. The van der Waals surface area contributed by atoms with Crippen molar-refractivity contribution >= 4 is 39.2 Å². The summed E-state index contributed by atoms with van der Waals surface area (Å²) < 4.78 is 26.3. The van der Waals surface area contributed by atoms with E-state index in [1.54, 1.807) is 0 Å². The molecule has 0 saturated heterocycles. The van der Waals surface area contributed by atoms with Gasteiger partial charge in [0.05, 0.1) is 20.5 Å². The third kappa shape index (κ3) is 4.08. The number of likely N-dealkylation sites (N-methyl/N-ethyl adjacent to an activating group) is 1. The highest BCUT2D eigenvalue weighted by Gasteiger charge is 2.26. The molecule has 1 aromatic carbocycles. The Morgan fingerprint density at radius 1 is 1.38 bits per heavy atom. The summed E-state index contributed by atoms with van der Waals surface area (Å²) in [5.41, 5.74) is -0.0522. The smallest absolute Gasteiger partial charge is 0.338 e. The molecule has 21 heavy (non-hydrogen) atoms. The van der Waals surface area contributed by atoms with Crippen LogP contribution in [0.1, 0.15) is 15.9 Å². The molecular formula is C12H16Cl2N2O4S. The number of aromatic carboxylic acids is 1. The van der Waals surface area contributed by atoms with Gasteiger partial charge in [-0.05, 0) is 39.2 Å². The summed E-state index contributed by atoms with van der Waals surface area (Å²) in [5.74, 6) is -1.30. The van der Waals surface area contributed by atoms with Gasteiger partial charge >= 0.3 is 5.97 Å². The maximum Gasteiger partial charge on any atom is 0.338 e. The monoisotopic (exact) mass is 354 g/mol. The van der Waals surface area contributed by atoms with Crippen LogP contribution < -0.4 is 4.72 Å². The van der Waals surface area contributed by atoms with E-state index < -0.39 is 16.0 Å². The average Bonchev–Trinajstić information content (AvgIpc) is 2.36. The van der Waals surface area contributed by atoms with Crippen LogP contribution in [0.25, 0.3) is 0 Å². The van der Waals surface area contributed by atoms with Crippen molar-refractivity contribution in [3.8, 4) is 0 Å². The molecule has 0 fully saturated rings. The SMILES string of the molecule is CNS(=O)(=O)c1cc(Cl)c(C(=O)O)c(Cl)c1CCN(C)C. The maximum absolute atomic E-state index is 12.1. The van der Waals surface area contributed by atoms with Gasteiger partial charge < -0.3 is 10.0 Å². The second-order valence-corrected chi connectivity index (χ2v) is 7.23. The fraction of sp³-hybridized carbons (Fsp3) is 0.417. The van der Waals surface area contributed by atoms with Gasteiger partial charge in [0.25, 0.3) is 0 Å². The van der Waals surface area contributed by atoms with Crippen LogP contribution in [0.5, 0.6) is 0 Å². The zero-order valence-electron chi connectivity index (χ0n) is 11.8. The minimum atomic E-state index is -3.79. The third-order valence-electron chi connectivity index (χ3n) is 2.86. The number of carboxylic acids is 1. The van der Waals surface area contributed by atoms with E-state index in [-0.39, 0.29) is 32.5 Å². The summed E-state index contributed by atoms with van der Waals surface area (Å²) in [6.45, 7) is 0.507. The number of nitrogens with one attached hydrogen (secondary N) is 1. The van der Waals surface area contributed by atoms with Crippen molar-refractivity contribution in [1.82, 2.24) is 9.62 Å². The van der Waals surface area contributed by atoms with Crippen LogP contribution in [0.15, 0.2) is 11.0 Å². The van der Waals surface area contributed by atoms with Gasteiger partial charge in [-0.3, -0.25) is 0 Å². The number of hydrogen-bond donors (Lipinski definition) is 2. The van der Waals surface area contributed by atoms with Gasteiger partial charge in [0.2, 0.25) is 10.0 Å². The van der Waals surface area contributed by atoms with Crippen LogP contribution in [0.3, 0.4) is 0 Å². The number of hydrogen-bond acceptors (Lipinski definition) is 4. The van der Waals surface area contributed by atoms with E-state index in [0.717, 1.165) is 6.07 Å². The highest BCUT2D eigenvalue weighted by atomic mass is 35.5. The lowest BCUT2D eigenvalue weighted by Crippen LogP contribution is -2.23. The van der Waals surface area contributed by atoms with Crippen molar-refractivity contribution < 1.29 is 18.3 Å². The van der Waals surface area contributed by atoms with E-state index in [1.165, 1.54) is 7.05 Å². The molecule has 0 atom stereocenters. The highest BCUT2D eigenvalue weighted by molar-refractivity contribution is 7.89. The molecule has 0 spiro atoms. The lowest BCUT2D eigenvalue weighted by molar-refractivity contribution is 0.0697. The van der Waals surface area contributed by atoms with Crippen molar-refractivity contribution in [3.05, 3.63) is 27.2 Å². The standard InChI is InChI=1S/C12H16Cl2N2O4S/c1-15-21(19,20)9-6-8(13)10(12(17)18)11(14)7(9)4-5-16(2)3/h6,15H,4-5H2,1-3H3,(H,17,18). The zero-order chi connectivity index (χ0) is 16.4. The summed E-state index contributed by atoms with van der Waals surface area (Å²) in [6, 6.07) is 1.12. The number of carboxylic acid groups (broad SMARTS) is 1. The zero-order valence-corrected chi connectivity index (χ0v) is 14.1. The second-order valence-electron chi connectivity index (χ2n) is 4.59. The van der Waals surface area contributed by atoms with Gasteiger partial charge in [0, 0.05) is 6.54 Å². The van der Waals surface area contributed by atoms with Crippen LogP contribution in [0.2, 0.25) is 10.0 Å². The van der Waals surface area contributed by atoms with Crippen molar-refractivity contribution in [2.45, 2.75) is 11.3 Å². The van der Waals surface area contributed by atoms with E-state index in [0.29, 0.717) is 6.54 Å². The molecule has 1 rings (SSSR count). The molecule has 0 unspecified atom stereocenters. The summed E-state index contributed by atoms with van der Waals surface area (Å²) in [5, 5.41) is 8.79. The van der Waals surface area contributed by atoms with Crippen LogP contribution >= 0.6 is 23.2 Å². The number of benzene rings is 1. The maximum atomic E-state index is 12.1. The molecule has 118 valence electrons. The highest BCUT2D eigenvalue weighted by Crippen LogP contribution is 2.34. The molecule has 9 heteroatoms. The summed E-state index contributed by atoms with van der Waals surface area (Å²) in [6.07, 6.45) is 0.277. The Labute approximate surface area is 133 Å². The van der Waals surface area contributed by atoms with E-state index >= 15 is 0 Å². The lowest BCUT2D eigenvalue weighted by atomic mass is 10.1. The van der Waals surface area contributed by atoms with Crippen LogP contribution in [0, 0.1) is 0 Å². The number of rotatable bonds is 6. The van der Waals surface area contributed by atoms with Gasteiger partial charge in [-0.1, -0.05) is 23.2 Å². The predicted molar refractivity (Wildman–Crippen MR) is 81.9 cm³/mol. The van der Waals surface area contributed by atoms with Crippen molar-refractivity contribution in [2.75, 3.05) is 27.7 Å². The number of nitrogens with zero attached hydrogens (tertiary/aromatic N) is 1. The normalized spacial score (nSPS) is 11.9. The van der Waals surface area contributed by atoms with Gasteiger partial charge in [-0.25, -0.2) is 17.9 Å². The quantitative estimate of drug-likeness (QED) is 0.811. The minimum Gasteiger partial charge on any atom is -0.478 e. The Kier molecular flexibility index (Phi) is 6.01. The lowest BCUT2D eigenvalue weighted by Gasteiger charge is -2.17. The fourth-order valence-corrected chi connectivity index (χ4v) is 3.61. The molecule has 2 N–H and O–H groups in total. The predicted octanol–water partition coefficient (Wildman–Crippen LogP) is 1.70. The minimum absolute atomic E-state index is 0.105. The molecule has 0 saturated carbocycles. The average molecular weight is 355 g/mol. The van der Waals surface area contributed by atoms with Crippen molar-refractivity contribution in [1.29, 1.82) is 0 Å². The van der Waals surface area contributed by atoms with E-state index in [4.69, 9.17) is 28.3 Å². The first-order valence-electron chi connectivity index (χ1n) is 5.94. The first-order chi connectivity index (χ1) is 9.61. The van der Waals surface area contributed by atoms with Gasteiger partial charge in [0.15, 0.2) is 0 Å². The Hall–Kier alpha value is -0.860. The Morgan fingerprint density at radius 3 is 2.38 bits per heavy atom. The topological polar surface area (TPSA) is 86.7 Å². The first kappa shape index (κ1) is 18.2. The molecular weight excluding hydrogens is 339 g/mol. The van der Waals surface area contributed by atoms with E-state index in [2.05, 4.69) is 4.72 Å². The first-order valence-corrected chi connectivity index (χ1v) is 8.18. The molecule has 0 aromatic heterocycles. The number of carbonyl (C=O) groups is 1. The molecule has 0 heterocycles. The molecule has 0 radical (unpaired) electrons. The summed E-state index contributed by atoms with van der Waals surface area (Å²) in [7, 11) is 1.09. The van der Waals surface area contributed by atoms with Gasteiger partial charge in [-0.2, -0.15) is 0 Å². The van der Waals surface area contributed by atoms with Gasteiger partial charge in [-0.15, -0.1) is 0 Å². The summed E-state index contributed by atoms with van der Waals surface area (Å²) in [4.78, 5) is 12.9. The molecule has 0 bridgehead atoms. The number of halogens is 2. The Morgan fingerprint density at radius 2 is 1.95 bits per heavy atom. The van der Waals surface area contributed by atoms with Crippen LogP contribution in [-0.2, 0) is 16.4 Å². The third-order valence-corrected chi connectivity index (χ3v) is 5.06. The fourth-order valence-electron chi connectivity index (χ4n) is 1.75. The largest absolute Gasteiger partial charge is 0.478 e. The van der Waals surface area contributed by atoms with E-state index in [9.17, 15) is 13.2 Å². The molecule has 6 nitrogen and oxygen atoms in total.